The monoisotopic (exact) mass is 424 g/mol. The van der Waals surface area contributed by atoms with E-state index >= 15 is 0 Å². The second kappa shape index (κ2) is 8.20. The summed E-state index contributed by atoms with van der Waals surface area (Å²) in [6.07, 6.45) is 1.97. The number of anilines is 1. The van der Waals surface area contributed by atoms with Gasteiger partial charge in [0.2, 0.25) is 5.51 Å². The SMILES string of the molecule is Cc1ncc(C[n+]2csc(CCOP(=O)(O)NP(=O)(O)O)c2C)c(N)n1. The first-order valence-electron chi connectivity index (χ1n) is 7.33. The van der Waals surface area contributed by atoms with Gasteiger partial charge in [0.1, 0.15) is 11.6 Å². The third-order valence-electron chi connectivity index (χ3n) is 3.37. The molecule has 0 saturated heterocycles. The molecule has 144 valence electrons. The first-order chi connectivity index (χ1) is 12.0. The standard InChI is InChI=1S/C12H19N5O6P2S/c1-8-11(3-4-23-25(21,22)16-24(18,19)20)26-7-17(8)6-10-5-14-9(2)15-12(10)13/h5,7H,3-4,6H2,1-2H3,(H5-,13,14,15,16,18,19,20,21,22)/p+1. The lowest BCUT2D eigenvalue weighted by molar-refractivity contribution is -0.689. The summed E-state index contributed by atoms with van der Waals surface area (Å²) >= 11 is 1.42. The van der Waals surface area contributed by atoms with Crippen molar-refractivity contribution in [2.75, 3.05) is 12.3 Å². The molecule has 2 aromatic heterocycles. The summed E-state index contributed by atoms with van der Waals surface area (Å²) in [6.45, 7) is 3.93. The number of thiazole rings is 1. The van der Waals surface area contributed by atoms with Gasteiger partial charge in [-0.2, -0.15) is 4.57 Å². The van der Waals surface area contributed by atoms with Crippen LogP contribution in [0.25, 0.3) is 0 Å². The average molecular weight is 424 g/mol. The molecular formula is C12H20N5O6P2S+. The Morgan fingerprint density at radius 3 is 2.65 bits per heavy atom. The number of hydrogen-bond acceptors (Lipinski definition) is 7. The third kappa shape index (κ3) is 6.19. The minimum Gasteiger partial charge on any atom is -0.383 e. The minimum atomic E-state index is -4.87. The normalized spacial score (nSPS) is 14.3. The molecular weight excluding hydrogens is 404 g/mol. The van der Waals surface area contributed by atoms with Crippen molar-refractivity contribution in [3.05, 3.63) is 33.7 Å². The molecule has 26 heavy (non-hydrogen) atoms. The summed E-state index contributed by atoms with van der Waals surface area (Å²) in [4.78, 5) is 37.1. The number of rotatable bonds is 8. The predicted octanol–water partition coefficient (Wildman–Crippen LogP) is 0.415. The topological polar surface area (TPSA) is 172 Å². The number of nitrogen functional groups attached to an aromatic ring is 1. The number of nitrogens with zero attached hydrogens (tertiary/aromatic N) is 3. The summed E-state index contributed by atoms with van der Waals surface area (Å²) in [5, 5.41) is 0. The summed E-state index contributed by atoms with van der Waals surface area (Å²) in [7, 11) is -9.44. The van der Waals surface area contributed by atoms with E-state index in [4.69, 9.17) is 15.5 Å². The first-order valence-corrected chi connectivity index (χ1v) is 11.4. The molecule has 14 heteroatoms. The van der Waals surface area contributed by atoms with Crippen LogP contribution in [0.2, 0.25) is 0 Å². The molecule has 0 amide bonds. The Labute approximate surface area is 153 Å². The maximum absolute atomic E-state index is 11.5. The second-order valence-corrected chi connectivity index (χ2v) is 9.56. The fourth-order valence-corrected chi connectivity index (χ4v) is 4.98. The summed E-state index contributed by atoms with van der Waals surface area (Å²) in [6, 6.07) is 0. The number of aromatic nitrogens is 3. The Morgan fingerprint density at radius 1 is 1.35 bits per heavy atom. The average Bonchev–Trinajstić information content (AvgIpc) is 2.80. The quantitative estimate of drug-likeness (QED) is 0.295. The highest BCUT2D eigenvalue weighted by Gasteiger charge is 2.29. The fourth-order valence-electron chi connectivity index (χ4n) is 2.12. The second-order valence-electron chi connectivity index (χ2n) is 5.44. The molecule has 2 aromatic rings. The van der Waals surface area contributed by atoms with Gasteiger partial charge >= 0.3 is 15.5 Å². The molecule has 0 saturated carbocycles. The predicted molar refractivity (Wildman–Crippen MR) is 94.2 cm³/mol. The van der Waals surface area contributed by atoms with E-state index in [1.807, 2.05) is 17.0 Å². The van der Waals surface area contributed by atoms with Crippen LogP contribution in [0.4, 0.5) is 5.82 Å². The van der Waals surface area contributed by atoms with Crippen molar-refractivity contribution < 1.29 is 32.9 Å². The van der Waals surface area contributed by atoms with Crippen molar-refractivity contribution in [1.29, 1.82) is 0 Å². The van der Waals surface area contributed by atoms with Crippen molar-refractivity contribution in [1.82, 2.24) is 14.8 Å². The van der Waals surface area contributed by atoms with Crippen molar-refractivity contribution in [2.24, 2.45) is 0 Å². The van der Waals surface area contributed by atoms with Crippen LogP contribution in [0.3, 0.4) is 0 Å². The third-order valence-corrected chi connectivity index (χ3v) is 7.10. The van der Waals surface area contributed by atoms with Crippen LogP contribution in [0.15, 0.2) is 11.7 Å². The highest BCUT2D eigenvalue weighted by molar-refractivity contribution is 7.66. The van der Waals surface area contributed by atoms with E-state index in [2.05, 4.69) is 14.5 Å². The molecule has 11 nitrogen and oxygen atoms in total. The molecule has 1 unspecified atom stereocenters. The molecule has 0 aliphatic rings. The van der Waals surface area contributed by atoms with E-state index in [9.17, 15) is 14.0 Å². The molecule has 2 rings (SSSR count). The van der Waals surface area contributed by atoms with Crippen LogP contribution in [0.1, 0.15) is 22.0 Å². The van der Waals surface area contributed by atoms with Crippen molar-refractivity contribution in [3.63, 3.8) is 0 Å². The highest BCUT2D eigenvalue weighted by Crippen LogP contribution is 2.48. The van der Waals surface area contributed by atoms with Gasteiger partial charge in [-0.3, -0.25) is 4.52 Å². The zero-order valence-electron chi connectivity index (χ0n) is 14.1. The lowest BCUT2D eigenvalue weighted by Crippen LogP contribution is -2.35. The van der Waals surface area contributed by atoms with Gasteiger partial charge in [-0.25, -0.2) is 19.1 Å². The fraction of sp³-hybridized carbons (Fsp3) is 0.417. The molecule has 0 spiro atoms. The smallest absolute Gasteiger partial charge is 0.383 e. The number of nitrogens with two attached hydrogens (primary N) is 1. The maximum Gasteiger partial charge on any atom is 0.412 e. The minimum absolute atomic E-state index is 0.183. The van der Waals surface area contributed by atoms with Crippen LogP contribution in [0.5, 0.6) is 0 Å². The van der Waals surface area contributed by atoms with Crippen LogP contribution in [-0.2, 0) is 26.6 Å². The van der Waals surface area contributed by atoms with Crippen molar-refractivity contribution >= 4 is 32.6 Å². The van der Waals surface area contributed by atoms with Crippen molar-refractivity contribution in [3.8, 4) is 0 Å². The van der Waals surface area contributed by atoms with Gasteiger partial charge < -0.3 is 20.4 Å². The first kappa shape index (κ1) is 21.1. The summed E-state index contributed by atoms with van der Waals surface area (Å²) in [5.41, 5.74) is 9.45. The van der Waals surface area contributed by atoms with E-state index < -0.39 is 15.5 Å². The van der Waals surface area contributed by atoms with E-state index in [1.165, 1.54) is 16.2 Å². The van der Waals surface area contributed by atoms with Crippen LogP contribution in [-0.4, -0.2) is 31.3 Å². The Kier molecular flexibility index (Phi) is 6.65. The van der Waals surface area contributed by atoms with Crippen LogP contribution >= 0.6 is 26.8 Å². The van der Waals surface area contributed by atoms with E-state index in [-0.39, 0.29) is 6.61 Å². The number of aryl methyl sites for hydroxylation is 1. The molecule has 0 aromatic carbocycles. The number of hydrogen-bond donors (Lipinski definition) is 5. The zero-order chi connectivity index (χ0) is 19.5. The van der Waals surface area contributed by atoms with E-state index in [1.54, 1.807) is 13.1 Å². The van der Waals surface area contributed by atoms with Gasteiger partial charge in [-0.15, -0.1) is 4.86 Å². The highest BCUT2D eigenvalue weighted by atomic mass is 32.1. The van der Waals surface area contributed by atoms with Gasteiger partial charge in [0.25, 0.3) is 0 Å². The van der Waals surface area contributed by atoms with Crippen LogP contribution in [0, 0.1) is 13.8 Å². The molecule has 0 fully saturated rings. The molecule has 2 heterocycles. The van der Waals surface area contributed by atoms with Gasteiger partial charge in [-0.05, 0) is 6.92 Å². The molecule has 0 aliphatic heterocycles. The Balaban J connectivity index is 1.98. The Morgan fingerprint density at radius 2 is 2.04 bits per heavy atom. The number of nitrogens with one attached hydrogen (secondary N) is 1. The zero-order valence-corrected chi connectivity index (χ0v) is 16.7. The molecule has 1 atom stereocenters. The maximum atomic E-state index is 11.5. The lowest BCUT2D eigenvalue weighted by atomic mass is 10.2. The Hall–Kier alpha value is -1.23. The van der Waals surface area contributed by atoms with E-state index in [0.717, 1.165) is 16.1 Å². The summed E-state index contributed by atoms with van der Waals surface area (Å²) in [5.74, 6) is 0.999. The van der Waals surface area contributed by atoms with Gasteiger partial charge in [0.15, 0.2) is 12.2 Å². The molecule has 6 N–H and O–H groups in total. The van der Waals surface area contributed by atoms with Gasteiger partial charge in [-0.1, -0.05) is 11.3 Å². The molecule has 0 radical (unpaired) electrons. The van der Waals surface area contributed by atoms with Crippen LogP contribution < -0.4 is 15.2 Å². The Bertz CT molecular complexity index is 885. The van der Waals surface area contributed by atoms with E-state index in [0.29, 0.717) is 24.6 Å². The van der Waals surface area contributed by atoms with Gasteiger partial charge in [0.05, 0.1) is 17.0 Å². The van der Waals surface area contributed by atoms with Crippen molar-refractivity contribution in [2.45, 2.75) is 26.8 Å². The lowest BCUT2D eigenvalue weighted by Gasteiger charge is -2.13. The van der Waals surface area contributed by atoms with Gasteiger partial charge in [0, 0.05) is 19.5 Å². The largest absolute Gasteiger partial charge is 0.412 e. The molecule has 0 aliphatic carbocycles. The summed E-state index contributed by atoms with van der Waals surface area (Å²) < 4.78 is 28.9. The molecule has 0 bridgehead atoms.